The fourth-order valence-electron chi connectivity index (χ4n) is 2.78. The van der Waals surface area contributed by atoms with Gasteiger partial charge in [0.1, 0.15) is 5.75 Å². The Morgan fingerprint density at radius 2 is 1.90 bits per heavy atom. The number of benzene rings is 3. The molecule has 148 valence electrons. The van der Waals surface area contributed by atoms with E-state index in [1.54, 1.807) is 24.4 Å². The molecule has 0 bridgehead atoms. The van der Waals surface area contributed by atoms with Crippen LogP contribution in [0.3, 0.4) is 0 Å². The van der Waals surface area contributed by atoms with Crippen LogP contribution in [0, 0.1) is 6.92 Å². The van der Waals surface area contributed by atoms with Gasteiger partial charge in [-0.05, 0) is 66.9 Å². The van der Waals surface area contributed by atoms with Crippen molar-refractivity contribution >= 4 is 35.1 Å². The smallest absolute Gasteiger partial charge is 0.262 e. The molecule has 5 heteroatoms. The van der Waals surface area contributed by atoms with Crippen LogP contribution < -0.4 is 10.1 Å². The molecular formula is C24H23ClN2O2. The second-order valence-corrected chi connectivity index (χ2v) is 7.10. The van der Waals surface area contributed by atoms with Crippen LogP contribution in [0.25, 0.3) is 0 Å². The maximum Gasteiger partial charge on any atom is 0.262 e. The average molecular weight is 407 g/mol. The lowest BCUT2D eigenvalue weighted by molar-refractivity contribution is -0.118. The average Bonchev–Trinajstić information content (AvgIpc) is 2.72. The largest absolute Gasteiger partial charge is 0.483 e. The van der Waals surface area contributed by atoms with Crippen molar-refractivity contribution in [2.45, 2.75) is 20.3 Å². The summed E-state index contributed by atoms with van der Waals surface area (Å²) in [6.07, 6.45) is 2.68. The first-order chi connectivity index (χ1) is 14.0. The number of ether oxygens (including phenoxy) is 1. The van der Waals surface area contributed by atoms with Crippen molar-refractivity contribution in [1.82, 2.24) is 0 Å². The standard InChI is InChI=1S/C24H23ClN2O2/c1-3-18-7-10-21(11-8-18)26-15-19-14-20(25)9-12-23(19)29-16-24(28)27-22-6-4-5-17(2)13-22/h4-15H,3,16H2,1-2H3,(H,27,28). The summed E-state index contributed by atoms with van der Waals surface area (Å²) in [6.45, 7) is 3.98. The lowest BCUT2D eigenvalue weighted by Crippen LogP contribution is -2.20. The van der Waals surface area contributed by atoms with Crippen LogP contribution in [0.2, 0.25) is 5.02 Å². The molecule has 0 radical (unpaired) electrons. The van der Waals surface area contributed by atoms with E-state index in [1.165, 1.54) is 5.56 Å². The molecule has 0 heterocycles. The number of carbonyl (C=O) groups excluding carboxylic acids is 1. The number of halogens is 1. The zero-order valence-corrected chi connectivity index (χ0v) is 17.2. The molecule has 0 aromatic heterocycles. The Morgan fingerprint density at radius 3 is 2.62 bits per heavy atom. The van der Waals surface area contributed by atoms with Gasteiger partial charge < -0.3 is 10.1 Å². The Bertz CT molecular complexity index is 1010. The number of rotatable bonds is 7. The molecule has 0 saturated carbocycles. The third-order valence-electron chi connectivity index (χ3n) is 4.33. The predicted molar refractivity (Wildman–Crippen MR) is 120 cm³/mol. The van der Waals surface area contributed by atoms with Gasteiger partial charge in [0.2, 0.25) is 0 Å². The van der Waals surface area contributed by atoms with Crippen molar-refractivity contribution in [2.24, 2.45) is 4.99 Å². The van der Waals surface area contributed by atoms with E-state index in [0.29, 0.717) is 16.3 Å². The highest BCUT2D eigenvalue weighted by molar-refractivity contribution is 6.30. The number of hydrogen-bond donors (Lipinski definition) is 1. The van der Waals surface area contributed by atoms with E-state index < -0.39 is 0 Å². The van der Waals surface area contributed by atoms with Crippen molar-refractivity contribution < 1.29 is 9.53 Å². The third kappa shape index (κ3) is 6.19. The lowest BCUT2D eigenvalue weighted by atomic mass is 10.1. The summed E-state index contributed by atoms with van der Waals surface area (Å²) in [5.41, 5.74) is 4.62. The van der Waals surface area contributed by atoms with Crippen molar-refractivity contribution in [3.8, 4) is 5.75 Å². The number of nitrogens with zero attached hydrogens (tertiary/aromatic N) is 1. The summed E-state index contributed by atoms with van der Waals surface area (Å²) in [6, 6.07) is 20.9. The maximum atomic E-state index is 12.2. The normalized spacial score (nSPS) is 10.9. The van der Waals surface area contributed by atoms with E-state index in [0.717, 1.165) is 23.4 Å². The van der Waals surface area contributed by atoms with Crippen molar-refractivity contribution in [3.63, 3.8) is 0 Å². The topological polar surface area (TPSA) is 50.7 Å². The van der Waals surface area contributed by atoms with Gasteiger partial charge in [0.05, 0.1) is 5.69 Å². The molecule has 3 aromatic rings. The zero-order valence-electron chi connectivity index (χ0n) is 16.5. The Hall–Kier alpha value is -3.11. The van der Waals surface area contributed by atoms with Gasteiger partial charge in [-0.3, -0.25) is 9.79 Å². The SMILES string of the molecule is CCc1ccc(N=Cc2cc(Cl)ccc2OCC(=O)Nc2cccc(C)c2)cc1. The van der Waals surface area contributed by atoms with Crippen LogP contribution in [0.5, 0.6) is 5.75 Å². The molecule has 0 spiro atoms. The van der Waals surface area contributed by atoms with E-state index >= 15 is 0 Å². The highest BCUT2D eigenvalue weighted by atomic mass is 35.5. The van der Waals surface area contributed by atoms with E-state index in [9.17, 15) is 4.79 Å². The second-order valence-electron chi connectivity index (χ2n) is 6.67. The van der Waals surface area contributed by atoms with Crippen molar-refractivity contribution in [1.29, 1.82) is 0 Å². The molecule has 0 fully saturated rings. The number of aryl methyl sites for hydroxylation is 2. The summed E-state index contributed by atoms with van der Waals surface area (Å²) >= 11 is 6.13. The highest BCUT2D eigenvalue weighted by Gasteiger charge is 2.08. The van der Waals surface area contributed by atoms with Crippen LogP contribution in [0.1, 0.15) is 23.6 Å². The first-order valence-electron chi connectivity index (χ1n) is 9.45. The summed E-state index contributed by atoms with van der Waals surface area (Å²) in [5, 5.41) is 3.40. The van der Waals surface area contributed by atoms with Crippen LogP contribution in [-0.2, 0) is 11.2 Å². The maximum absolute atomic E-state index is 12.2. The number of amides is 1. The Morgan fingerprint density at radius 1 is 1.10 bits per heavy atom. The van der Waals surface area contributed by atoms with Gasteiger partial charge in [-0.15, -0.1) is 0 Å². The fraction of sp³-hybridized carbons (Fsp3) is 0.167. The minimum Gasteiger partial charge on any atom is -0.483 e. The van der Waals surface area contributed by atoms with Gasteiger partial charge >= 0.3 is 0 Å². The van der Waals surface area contributed by atoms with Crippen molar-refractivity contribution in [3.05, 3.63) is 88.4 Å². The highest BCUT2D eigenvalue weighted by Crippen LogP contribution is 2.23. The quantitative estimate of drug-likeness (QED) is 0.491. The zero-order chi connectivity index (χ0) is 20.6. The summed E-state index contributed by atoms with van der Waals surface area (Å²) < 4.78 is 5.72. The molecule has 0 saturated heterocycles. The summed E-state index contributed by atoms with van der Waals surface area (Å²) in [7, 11) is 0. The van der Waals surface area contributed by atoms with E-state index in [2.05, 4.69) is 29.4 Å². The minimum atomic E-state index is -0.233. The summed E-state index contributed by atoms with van der Waals surface area (Å²) in [5.74, 6) is 0.311. The molecule has 0 aliphatic heterocycles. The Labute approximate surface area is 176 Å². The van der Waals surface area contributed by atoms with Gasteiger partial charge in [-0.1, -0.05) is 42.8 Å². The molecule has 4 nitrogen and oxygen atoms in total. The van der Waals surface area contributed by atoms with Gasteiger partial charge in [-0.25, -0.2) is 0 Å². The molecule has 0 unspecified atom stereocenters. The van der Waals surface area contributed by atoms with Crippen LogP contribution in [-0.4, -0.2) is 18.7 Å². The molecule has 0 aliphatic carbocycles. The molecule has 3 rings (SSSR count). The lowest BCUT2D eigenvalue weighted by Gasteiger charge is -2.10. The Kier molecular flexibility index (Phi) is 7.04. The van der Waals surface area contributed by atoms with Crippen molar-refractivity contribution in [2.75, 3.05) is 11.9 Å². The second kappa shape index (κ2) is 9.89. The number of carbonyl (C=O) groups is 1. The minimum absolute atomic E-state index is 0.110. The van der Waals surface area contributed by atoms with Crippen LogP contribution >= 0.6 is 11.6 Å². The number of hydrogen-bond acceptors (Lipinski definition) is 3. The third-order valence-corrected chi connectivity index (χ3v) is 4.56. The predicted octanol–water partition coefficient (Wildman–Crippen LogP) is 5.98. The fourth-order valence-corrected chi connectivity index (χ4v) is 2.96. The van der Waals surface area contributed by atoms with Gasteiger partial charge in [-0.2, -0.15) is 0 Å². The number of aliphatic imine (C=N–C) groups is 1. The first kappa shape index (κ1) is 20.6. The number of nitrogens with one attached hydrogen (secondary N) is 1. The molecule has 0 atom stereocenters. The Balaban J connectivity index is 1.67. The molecule has 29 heavy (non-hydrogen) atoms. The monoisotopic (exact) mass is 406 g/mol. The molecule has 1 amide bonds. The van der Waals surface area contributed by atoms with E-state index in [4.69, 9.17) is 16.3 Å². The van der Waals surface area contributed by atoms with E-state index in [1.807, 2.05) is 43.3 Å². The first-order valence-corrected chi connectivity index (χ1v) is 9.83. The molecular weight excluding hydrogens is 384 g/mol. The van der Waals surface area contributed by atoms with E-state index in [-0.39, 0.29) is 12.5 Å². The molecule has 1 N–H and O–H groups in total. The van der Waals surface area contributed by atoms with Crippen LogP contribution in [0.4, 0.5) is 11.4 Å². The van der Waals surface area contributed by atoms with Crippen LogP contribution in [0.15, 0.2) is 71.7 Å². The van der Waals surface area contributed by atoms with Gasteiger partial charge in [0.15, 0.2) is 6.61 Å². The number of anilines is 1. The molecule has 3 aromatic carbocycles. The molecule has 0 aliphatic rings. The summed E-state index contributed by atoms with van der Waals surface area (Å²) in [4.78, 5) is 16.7. The van der Waals surface area contributed by atoms with Gasteiger partial charge in [0, 0.05) is 22.5 Å². The van der Waals surface area contributed by atoms with Gasteiger partial charge in [0.25, 0.3) is 5.91 Å².